The first-order chi connectivity index (χ1) is 11.1. The van der Waals surface area contributed by atoms with Gasteiger partial charge < -0.3 is 10.2 Å². The van der Waals surface area contributed by atoms with Crippen molar-refractivity contribution in [2.24, 2.45) is 0 Å². The number of nitrogens with zero attached hydrogens (tertiary/aromatic N) is 3. The molecule has 3 rings (SSSR count). The van der Waals surface area contributed by atoms with E-state index in [1.54, 1.807) is 18.2 Å². The number of aliphatic hydroxyl groups is 1. The van der Waals surface area contributed by atoms with E-state index in [0.717, 1.165) is 0 Å². The molecule has 0 aliphatic carbocycles. The van der Waals surface area contributed by atoms with Crippen molar-refractivity contribution in [3.8, 4) is 16.9 Å². The molecule has 1 aromatic heterocycles. The van der Waals surface area contributed by atoms with Crippen LogP contribution < -0.4 is 0 Å². The van der Waals surface area contributed by atoms with Crippen molar-refractivity contribution in [3.63, 3.8) is 0 Å². The minimum Gasteiger partial charge on any atom is -0.478 e. The number of carbonyl (C=O) groups is 1. The van der Waals surface area contributed by atoms with Crippen LogP contribution >= 0.6 is 0 Å². The zero-order valence-electron chi connectivity index (χ0n) is 11.8. The van der Waals surface area contributed by atoms with E-state index < -0.39 is 11.8 Å². The van der Waals surface area contributed by atoms with Gasteiger partial charge in [-0.3, -0.25) is 0 Å². The third kappa shape index (κ3) is 2.82. The lowest BCUT2D eigenvalue weighted by atomic mass is 10.1. The summed E-state index contributed by atoms with van der Waals surface area (Å²) < 4.78 is 14.9. The van der Waals surface area contributed by atoms with Gasteiger partial charge in [0, 0.05) is 5.56 Å². The first kappa shape index (κ1) is 14.9. The summed E-state index contributed by atoms with van der Waals surface area (Å²) in [5.41, 5.74) is 1.72. The van der Waals surface area contributed by atoms with E-state index in [-0.39, 0.29) is 17.9 Å². The van der Waals surface area contributed by atoms with Crippen LogP contribution in [-0.4, -0.2) is 31.2 Å². The van der Waals surface area contributed by atoms with Crippen molar-refractivity contribution in [2.45, 2.75) is 6.61 Å². The second-order valence-corrected chi connectivity index (χ2v) is 4.82. The van der Waals surface area contributed by atoms with E-state index in [0.29, 0.717) is 16.9 Å². The van der Waals surface area contributed by atoms with Crippen LogP contribution in [0.5, 0.6) is 0 Å². The number of benzene rings is 2. The van der Waals surface area contributed by atoms with Crippen LogP contribution in [0.1, 0.15) is 16.1 Å². The topological polar surface area (TPSA) is 88.2 Å². The van der Waals surface area contributed by atoms with Gasteiger partial charge in [0.2, 0.25) is 0 Å². The summed E-state index contributed by atoms with van der Waals surface area (Å²) >= 11 is 0. The van der Waals surface area contributed by atoms with Crippen molar-refractivity contribution >= 4 is 5.97 Å². The number of aromatic carboxylic acids is 1. The van der Waals surface area contributed by atoms with E-state index in [1.807, 2.05) is 0 Å². The lowest BCUT2D eigenvalue weighted by Crippen LogP contribution is -2.03. The zero-order chi connectivity index (χ0) is 16.4. The van der Waals surface area contributed by atoms with Crippen LogP contribution in [0.4, 0.5) is 4.39 Å². The number of aromatic nitrogens is 3. The molecule has 3 aromatic rings. The first-order valence-electron chi connectivity index (χ1n) is 6.75. The number of halogens is 1. The van der Waals surface area contributed by atoms with Gasteiger partial charge in [-0.05, 0) is 30.3 Å². The molecule has 0 fully saturated rings. The molecule has 0 radical (unpaired) electrons. The lowest BCUT2D eigenvalue weighted by molar-refractivity contribution is 0.0697. The minimum atomic E-state index is -1.07. The van der Waals surface area contributed by atoms with Crippen molar-refractivity contribution in [2.75, 3.05) is 0 Å². The Balaban J connectivity index is 2.20. The van der Waals surface area contributed by atoms with Crippen LogP contribution in [0.3, 0.4) is 0 Å². The zero-order valence-corrected chi connectivity index (χ0v) is 11.8. The standard InChI is InChI=1S/C16H12FN3O3/c17-12-5-1-3-10(7-12)15-14(9-21)18-19-20(15)13-6-2-4-11(8-13)16(22)23/h1-8,21H,9H2,(H,22,23). The molecule has 7 heteroatoms. The molecular formula is C16H12FN3O3. The Kier molecular flexibility index (Phi) is 3.86. The van der Waals surface area contributed by atoms with Gasteiger partial charge in [-0.15, -0.1) is 5.10 Å². The van der Waals surface area contributed by atoms with Crippen molar-refractivity contribution in [3.05, 3.63) is 65.6 Å². The molecule has 0 unspecified atom stereocenters. The molecule has 0 aliphatic rings. The van der Waals surface area contributed by atoms with Gasteiger partial charge in [0.25, 0.3) is 0 Å². The van der Waals surface area contributed by atoms with Gasteiger partial charge in [-0.1, -0.05) is 23.4 Å². The van der Waals surface area contributed by atoms with Gasteiger partial charge in [0.05, 0.1) is 17.9 Å². The van der Waals surface area contributed by atoms with E-state index in [9.17, 15) is 14.3 Å². The molecule has 2 N–H and O–H groups in total. The van der Waals surface area contributed by atoms with Crippen LogP contribution in [0.2, 0.25) is 0 Å². The largest absolute Gasteiger partial charge is 0.478 e. The number of rotatable bonds is 4. The number of aliphatic hydroxyl groups excluding tert-OH is 1. The highest BCUT2D eigenvalue weighted by Crippen LogP contribution is 2.26. The maximum atomic E-state index is 13.5. The van der Waals surface area contributed by atoms with E-state index >= 15 is 0 Å². The molecule has 0 atom stereocenters. The SMILES string of the molecule is O=C(O)c1cccc(-n2nnc(CO)c2-c2cccc(F)c2)c1. The van der Waals surface area contributed by atoms with E-state index in [2.05, 4.69) is 10.3 Å². The third-order valence-corrected chi connectivity index (χ3v) is 3.33. The predicted octanol–water partition coefficient (Wildman–Crippen LogP) is 2.26. The van der Waals surface area contributed by atoms with Gasteiger partial charge >= 0.3 is 5.97 Å². The summed E-state index contributed by atoms with van der Waals surface area (Å²) in [5, 5.41) is 26.4. The molecule has 6 nitrogen and oxygen atoms in total. The van der Waals surface area contributed by atoms with E-state index in [1.165, 1.54) is 35.0 Å². The fourth-order valence-corrected chi connectivity index (χ4v) is 2.30. The summed E-state index contributed by atoms with van der Waals surface area (Å²) in [6, 6.07) is 11.9. The highest BCUT2D eigenvalue weighted by molar-refractivity contribution is 5.88. The quantitative estimate of drug-likeness (QED) is 0.771. The van der Waals surface area contributed by atoms with Crippen LogP contribution in [0.25, 0.3) is 16.9 Å². The van der Waals surface area contributed by atoms with Gasteiger partial charge in [0.15, 0.2) is 0 Å². The fraction of sp³-hybridized carbons (Fsp3) is 0.0625. The summed E-state index contributed by atoms with van der Waals surface area (Å²) in [7, 11) is 0. The fourth-order valence-electron chi connectivity index (χ4n) is 2.30. The summed E-state index contributed by atoms with van der Waals surface area (Å²) in [6.45, 7) is -0.371. The second kappa shape index (κ2) is 5.98. The smallest absolute Gasteiger partial charge is 0.335 e. The molecule has 2 aromatic carbocycles. The Hall–Kier alpha value is -3.06. The second-order valence-electron chi connectivity index (χ2n) is 4.82. The highest BCUT2D eigenvalue weighted by atomic mass is 19.1. The molecule has 1 heterocycles. The molecule has 0 amide bonds. The normalized spacial score (nSPS) is 10.7. The average Bonchev–Trinajstić information content (AvgIpc) is 2.99. The lowest BCUT2D eigenvalue weighted by Gasteiger charge is -2.08. The minimum absolute atomic E-state index is 0.0914. The van der Waals surface area contributed by atoms with Crippen LogP contribution in [-0.2, 0) is 6.61 Å². The van der Waals surface area contributed by atoms with Crippen LogP contribution in [0, 0.1) is 5.82 Å². The molecule has 0 bridgehead atoms. The molecule has 0 aliphatic heterocycles. The number of hydrogen-bond acceptors (Lipinski definition) is 4. The maximum Gasteiger partial charge on any atom is 0.335 e. The number of hydrogen-bond donors (Lipinski definition) is 2. The van der Waals surface area contributed by atoms with E-state index in [4.69, 9.17) is 5.11 Å². The monoisotopic (exact) mass is 313 g/mol. The number of carboxylic acids is 1. The van der Waals surface area contributed by atoms with Crippen molar-refractivity contribution in [1.82, 2.24) is 15.0 Å². The molecular weight excluding hydrogens is 301 g/mol. The Bertz CT molecular complexity index is 877. The number of carboxylic acid groups (broad SMARTS) is 1. The molecule has 0 saturated heterocycles. The predicted molar refractivity (Wildman–Crippen MR) is 79.6 cm³/mol. The van der Waals surface area contributed by atoms with Crippen LogP contribution in [0.15, 0.2) is 48.5 Å². The Morgan fingerprint density at radius 3 is 2.65 bits per heavy atom. The summed E-state index contributed by atoms with van der Waals surface area (Å²) in [5.74, 6) is -1.50. The van der Waals surface area contributed by atoms with Gasteiger partial charge in [0.1, 0.15) is 17.2 Å². The molecule has 116 valence electrons. The Morgan fingerprint density at radius 1 is 1.17 bits per heavy atom. The summed E-state index contributed by atoms with van der Waals surface area (Å²) in [6.07, 6.45) is 0. The Labute approximate surface area is 130 Å². The first-order valence-corrected chi connectivity index (χ1v) is 6.75. The Morgan fingerprint density at radius 2 is 1.96 bits per heavy atom. The third-order valence-electron chi connectivity index (χ3n) is 3.33. The maximum absolute atomic E-state index is 13.5. The van der Waals surface area contributed by atoms with Gasteiger partial charge in [-0.2, -0.15) is 0 Å². The molecule has 23 heavy (non-hydrogen) atoms. The molecule has 0 spiro atoms. The average molecular weight is 313 g/mol. The van der Waals surface area contributed by atoms with Crippen molar-refractivity contribution in [1.29, 1.82) is 0 Å². The highest BCUT2D eigenvalue weighted by Gasteiger charge is 2.17. The molecule has 0 saturated carbocycles. The van der Waals surface area contributed by atoms with Crippen molar-refractivity contribution < 1.29 is 19.4 Å². The summed E-state index contributed by atoms with van der Waals surface area (Å²) in [4.78, 5) is 11.1. The van der Waals surface area contributed by atoms with Gasteiger partial charge in [-0.25, -0.2) is 13.9 Å².